The summed E-state index contributed by atoms with van der Waals surface area (Å²) in [5, 5.41) is 17.7. The van der Waals surface area contributed by atoms with Crippen LogP contribution in [-0.4, -0.2) is 62.1 Å². The van der Waals surface area contributed by atoms with Crippen LogP contribution in [-0.2, 0) is 9.84 Å². The van der Waals surface area contributed by atoms with Crippen molar-refractivity contribution >= 4 is 9.84 Å². The SMILES string of the molecule is O=S(=O)(CCN(CCO)CCO)c1ccccc1. The van der Waals surface area contributed by atoms with Gasteiger partial charge in [0, 0.05) is 19.6 Å². The average molecular weight is 273 g/mol. The molecule has 0 fully saturated rings. The summed E-state index contributed by atoms with van der Waals surface area (Å²) < 4.78 is 24.0. The summed E-state index contributed by atoms with van der Waals surface area (Å²) in [6, 6.07) is 8.27. The second-order valence-electron chi connectivity index (χ2n) is 3.92. The summed E-state index contributed by atoms with van der Waals surface area (Å²) in [5.41, 5.74) is 0. The maximum Gasteiger partial charge on any atom is 0.179 e. The molecule has 2 N–H and O–H groups in total. The molecule has 0 unspecified atom stereocenters. The third-order valence-electron chi connectivity index (χ3n) is 2.61. The van der Waals surface area contributed by atoms with Crippen molar-refractivity contribution in [3.8, 4) is 0 Å². The van der Waals surface area contributed by atoms with Crippen LogP contribution in [0.1, 0.15) is 0 Å². The van der Waals surface area contributed by atoms with Gasteiger partial charge in [-0.15, -0.1) is 0 Å². The van der Waals surface area contributed by atoms with E-state index >= 15 is 0 Å². The lowest BCUT2D eigenvalue weighted by atomic mass is 10.4. The molecule has 0 aliphatic heterocycles. The highest BCUT2D eigenvalue weighted by Gasteiger charge is 2.15. The molecule has 1 aromatic rings. The Kier molecular flexibility index (Phi) is 6.28. The van der Waals surface area contributed by atoms with Gasteiger partial charge in [0.2, 0.25) is 0 Å². The summed E-state index contributed by atoms with van der Waals surface area (Å²) in [4.78, 5) is 2.03. The summed E-state index contributed by atoms with van der Waals surface area (Å²) in [5.74, 6) is -0.0169. The van der Waals surface area contributed by atoms with Crippen molar-refractivity contribution < 1.29 is 18.6 Å². The Morgan fingerprint density at radius 1 is 0.944 bits per heavy atom. The summed E-state index contributed by atoms with van der Waals surface area (Å²) in [7, 11) is -3.30. The van der Waals surface area contributed by atoms with Crippen LogP contribution in [0.4, 0.5) is 0 Å². The Bertz CT molecular complexity index is 427. The van der Waals surface area contributed by atoms with E-state index in [-0.39, 0.29) is 19.0 Å². The Balaban J connectivity index is 2.61. The van der Waals surface area contributed by atoms with E-state index in [9.17, 15) is 8.42 Å². The zero-order chi connectivity index (χ0) is 13.4. The lowest BCUT2D eigenvalue weighted by Gasteiger charge is -2.19. The first-order valence-electron chi connectivity index (χ1n) is 5.82. The molecular weight excluding hydrogens is 254 g/mol. The largest absolute Gasteiger partial charge is 0.395 e. The van der Waals surface area contributed by atoms with Crippen LogP contribution in [0.25, 0.3) is 0 Å². The van der Waals surface area contributed by atoms with Crippen molar-refractivity contribution in [3.63, 3.8) is 0 Å². The van der Waals surface area contributed by atoms with Gasteiger partial charge in [-0.3, -0.25) is 4.90 Å². The monoisotopic (exact) mass is 273 g/mol. The topological polar surface area (TPSA) is 77.8 Å². The summed E-state index contributed by atoms with van der Waals surface area (Å²) >= 11 is 0. The van der Waals surface area contributed by atoms with Crippen LogP contribution in [0.3, 0.4) is 0 Å². The minimum Gasteiger partial charge on any atom is -0.395 e. The highest BCUT2D eigenvalue weighted by atomic mass is 32.2. The molecule has 0 radical (unpaired) electrons. The molecule has 1 rings (SSSR count). The van der Waals surface area contributed by atoms with Crippen molar-refractivity contribution in [2.24, 2.45) is 0 Å². The van der Waals surface area contributed by atoms with Gasteiger partial charge < -0.3 is 10.2 Å². The molecular formula is C12H19NO4S. The van der Waals surface area contributed by atoms with Gasteiger partial charge in [-0.25, -0.2) is 8.42 Å². The van der Waals surface area contributed by atoms with Crippen LogP contribution in [0.5, 0.6) is 0 Å². The Labute approximate surface area is 108 Å². The molecule has 0 bridgehead atoms. The van der Waals surface area contributed by atoms with E-state index in [1.807, 2.05) is 0 Å². The number of aliphatic hydroxyl groups excluding tert-OH is 2. The molecule has 0 atom stereocenters. The van der Waals surface area contributed by atoms with E-state index < -0.39 is 9.84 Å². The molecule has 0 saturated heterocycles. The predicted molar refractivity (Wildman–Crippen MR) is 69.1 cm³/mol. The number of sulfone groups is 1. The fourth-order valence-corrected chi connectivity index (χ4v) is 2.92. The van der Waals surface area contributed by atoms with E-state index in [1.165, 1.54) is 0 Å². The predicted octanol–water partition coefficient (Wildman–Crippen LogP) is -0.253. The van der Waals surface area contributed by atoms with Crippen LogP contribution in [0.2, 0.25) is 0 Å². The molecule has 0 spiro atoms. The van der Waals surface area contributed by atoms with Gasteiger partial charge >= 0.3 is 0 Å². The first kappa shape index (κ1) is 15.1. The minimum absolute atomic E-state index is 0.0169. The van der Waals surface area contributed by atoms with E-state index in [1.54, 1.807) is 35.2 Å². The van der Waals surface area contributed by atoms with Crippen molar-refractivity contribution in [1.29, 1.82) is 0 Å². The van der Waals surface area contributed by atoms with Crippen molar-refractivity contribution in [2.45, 2.75) is 4.90 Å². The first-order chi connectivity index (χ1) is 8.60. The fourth-order valence-electron chi connectivity index (χ4n) is 1.61. The zero-order valence-corrected chi connectivity index (χ0v) is 11.0. The third kappa shape index (κ3) is 4.73. The molecule has 0 saturated carbocycles. The maximum absolute atomic E-state index is 12.0. The van der Waals surface area contributed by atoms with E-state index in [0.29, 0.717) is 24.5 Å². The second-order valence-corrected chi connectivity index (χ2v) is 6.03. The van der Waals surface area contributed by atoms with E-state index in [2.05, 4.69) is 0 Å². The molecule has 0 aliphatic rings. The molecule has 1 aromatic carbocycles. The smallest absolute Gasteiger partial charge is 0.179 e. The van der Waals surface area contributed by atoms with Gasteiger partial charge in [0.15, 0.2) is 9.84 Å². The molecule has 6 heteroatoms. The van der Waals surface area contributed by atoms with Crippen LogP contribution in [0, 0.1) is 0 Å². The normalized spacial score (nSPS) is 11.9. The molecule has 5 nitrogen and oxygen atoms in total. The molecule has 0 aromatic heterocycles. The number of rotatable bonds is 8. The van der Waals surface area contributed by atoms with Crippen LogP contribution < -0.4 is 0 Å². The number of benzene rings is 1. The average Bonchev–Trinajstić information content (AvgIpc) is 2.38. The van der Waals surface area contributed by atoms with E-state index in [0.717, 1.165) is 0 Å². The molecule has 0 amide bonds. The lowest BCUT2D eigenvalue weighted by molar-refractivity contribution is 0.167. The van der Waals surface area contributed by atoms with Gasteiger partial charge in [-0.1, -0.05) is 18.2 Å². The number of aliphatic hydroxyl groups is 2. The first-order valence-corrected chi connectivity index (χ1v) is 7.47. The van der Waals surface area contributed by atoms with Crippen LogP contribution >= 0.6 is 0 Å². The Morgan fingerprint density at radius 3 is 2.00 bits per heavy atom. The van der Waals surface area contributed by atoms with E-state index in [4.69, 9.17) is 10.2 Å². The van der Waals surface area contributed by atoms with Gasteiger partial charge in [0.05, 0.1) is 23.9 Å². The fraction of sp³-hybridized carbons (Fsp3) is 0.500. The van der Waals surface area contributed by atoms with Crippen molar-refractivity contribution in [1.82, 2.24) is 4.90 Å². The summed E-state index contributed by atoms with van der Waals surface area (Å²) in [6.45, 7) is 0.935. The molecule has 18 heavy (non-hydrogen) atoms. The number of nitrogens with zero attached hydrogens (tertiary/aromatic N) is 1. The minimum atomic E-state index is -3.30. The molecule has 102 valence electrons. The summed E-state index contributed by atoms with van der Waals surface area (Å²) in [6.07, 6.45) is 0. The third-order valence-corrected chi connectivity index (χ3v) is 4.32. The van der Waals surface area contributed by atoms with Crippen molar-refractivity contribution in [3.05, 3.63) is 30.3 Å². The lowest BCUT2D eigenvalue weighted by Crippen LogP contribution is -2.34. The van der Waals surface area contributed by atoms with Crippen LogP contribution in [0.15, 0.2) is 35.2 Å². The molecule has 0 aliphatic carbocycles. The Hall–Kier alpha value is -0.950. The van der Waals surface area contributed by atoms with Crippen molar-refractivity contribution in [2.75, 3.05) is 38.6 Å². The number of hydrogen-bond donors (Lipinski definition) is 2. The van der Waals surface area contributed by atoms with Gasteiger partial charge in [0.25, 0.3) is 0 Å². The zero-order valence-electron chi connectivity index (χ0n) is 10.2. The van der Waals surface area contributed by atoms with Gasteiger partial charge in [-0.05, 0) is 12.1 Å². The highest BCUT2D eigenvalue weighted by molar-refractivity contribution is 7.91. The van der Waals surface area contributed by atoms with Gasteiger partial charge in [0.1, 0.15) is 0 Å². The standard InChI is InChI=1S/C12H19NO4S/c14-9-6-13(7-10-15)8-11-18(16,17)12-4-2-1-3-5-12/h1-5,14-15H,6-11H2. The van der Waals surface area contributed by atoms with Gasteiger partial charge in [-0.2, -0.15) is 0 Å². The molecule has 0 heterocycles. The maximum atomic E-state index is 12.0. The number of hydrogen-bond acceptors (Lipinski definition) is 5. The Morgan fingerprint density at radius 2 is 1.50 bits per heavy atom. The highest BCUT2D eigenvalue weighted by Crippen LogP contribution is 2.10. The second kappa shape index (κ2) is 7.48. The quantitative estimate of drug-likeness (QED) is 0.683.